The summed E-state index contributed by atoms with van der Waals surface area (Å²) in [5.74, 6) is 0.0504. The molecule has 2 amide bonds. The number of rotatable bonds is 5. The molecule has 110 valence electrons. The summed E-state index contributed by atoms with van der Waals surface area (Å²) in [5.41, 5.74) is 5.87. The maximum absolute atomic E-state index is 12.1. The molecular weight excluding hydrogens is 246 g/mol. The quantitative estimate of drug-likeness (QED) is 0.720. The van der Waals surface area contributed by atoms with Gasteiger partial charge in [-0.25, -0.2) is 0 Å². The Balaban J connectivity index is 2.36. The molecule has 3 N–H and O–H groups in total. The van der Waals surface area contributed by atoms with E-state index < -0.39 is 6.04 Å². The lowest BCUT2D eigenvalue weighted by atomic mass is 10.0. The van der Waals surface area contributed by atoms with Crippen LogP contribution in [0.4, 0.5) is 0 Å². The first-order valence-electron chi connectivity index (χ1n) is 6.78. The van der Waals surface area contributed by atoms with E-state index in [1.54, 1.807) is 4.90 Å². The van der Waals surface area contributed by atoms with E-state index in [4.69, 9.17) is 10.5 Å². The number of likely N-dealkylation sites (tertiary alicyclic amines) is 1. The van der Waals surface area contributed by atoms with Crippen LogP contribution in [0.1, 0.15) is 26.7 Å². The van der Waals surface area contributed by atoms with Crippen LogP contribution in [0.2, 0.25) is 0 Å². The van der Waals surface area contributed by atoms with Gasteiger partial charge in [0.15, 0.2) is 0 Å². The molecule has 6 heteroatoms. The molecule has 0 bridgehead atoms. The van der Waals surface area contributed by atoms with Crippen LogP contribution in [0, 0.1) is 5.92 Å². The fourth-order valence-corrected chi connectivity index (χ4v) is 2.14. The molecule has 1 atom stereocenters. The lowest BCUT2D eigenvalue weighted by Crippen LogP contribution is -2.52. The Bertz CT molecular complexity index is 312. The van der Waals surface area contributed by atoms with Crippen molar-refractivity contribution in [2.75, 3.05) is 26.8 Å². The Kier molecular flexibility index (Phi) is 6.24. The minimum atomic E-state index is -0.431. The van der Waals surface area contributed by atoms with E-state index >= 15 is 0 Å². The number of nitrogens with one attached hydrogen (secondary N) is 1. The second-order valence-electron chi connectivity index (χ2n) is 5.37. The number of hydrogen-bond acceptors (Lipinski definition) is 4. The summed E-state index contributed by atoms with van der Waals surface area (Å²) in [6.45, 7) is 5.27. The highest BCUT2D eigenvalue weighted by atomic mass is 16.5. The second-order valence-corrected chi connectivity index (χ2v) is 5.37. The zero-order valence-corrected chi connectivity index (χ0v) is 12.0. The van der Waals surface area contributed by atoms with Gasteiger partial charge in [0.05, 0.1) is 6.04 Å². The van der Waals surface area contributed by atoms with Crippen molar-refractivity contribution in [3.8, 4) is 0 Å². The molecule has 1 fully saturated rings. The van der Waals surface area contributed by atoms with Crippen molar-refractivity contribution >= 4 is 11.8 Å². The highest BCUT2D eigenvalue weighted by molar-refractivity contribution is 5.82. The van der Waals surface area contributed by atoms with E-state index in [-0.39, 0.29) is 30.4 Å². The lowest BCUT2D eigenvalue weighted by molar-refractivity contribution is -0.134. The van der Waals surface area contributed by atoms with Crippen LogP contribution in [-0.2, 0) is 14.3 Å². The molecule has 19 heavy (non-hydrogen) atoms. The van der Waals surface area contributed by atoms with Gasteiger partial charge in [0.1, 0.15) is 6.61 Å². The molecule has 6 nitrogen and oxygen atoms in total. The highest BCUT2D eigenvalue weighted by Gasteiger charge is 2.28. The third-order valence-electron chi connectivity index (χ3n) is 3.45. The van der Waals surface area contributed by atoms with Gasteiger partial charge in [-0.1, -0.05) is 13.8 Å². The number of nitrogens with two attached hydrogens (primary N) is 1. The fourth-order valence-electron chi connectivity index (χ4n) is 2.14. The third kappa shape index (κ3) is 4.80. The summed E-state index contributed by atoms with van der Waals surface area (Å²) in [5, 5.41) is 2.90. The van der Waals surface area contributed by atoms with E-state index in [1.165, 1.54) is 7.11 Å². The SMILES string of the molecule is COCC(=O)NC1CCN(C(=O)[C@@H](N)C(C)C)CC1. The van der Waals surface area contributed by atoms with E-state index in [0.717, 1.165) is 12.8 Å². The number of carbonyl (C=O) groups excluding carboxylic acids is 2. The van der Waals surface area contributed by atoms with Gasteiger partial charge in [0, 0.05) is 26.2 Å². The molecule has 0 aromatic rings. The van der Waals surface area contributed by atoms with Crippen molar-refractivity contribution < 1.29 is 14.3 Å². The summed E-state index contributed by atoms with van der Waals surface area (Å²) in [6.07, 6.45) is 1.54. The smallest absolute Gasteiger partial charge is 0.246 e. The van der Waals surface area contributed by atoms with Crippen molar-refractivity contribution in [1.29, 1.82) is 0 Å². The van der Waals surface area contributed by atoms with Crippen LogP contribution < -0.4 is 11.1 Å². The van der Waals surface area contributed by atoms with Gasteiger partial charge in [-0.2, -0.15) is 0 Å². The van der Waals surface area contributed by atoms with Gasteiger partial charge in [-0.05, 0) is 18.8 Å². The summed E-state index contributed by atoms with van der Waals surface area (Å²) in [4.78, 5) is 25.2. The van der Waals surface area contributed by atoms with Crippen LogP contribution in [0.15, 0.2) is 0 Å². The third-order valence-corrected chi connectivity index (χ3v) is 3.45. The monoisotopic (exact) mass is 271 g/mol. The topological polar surface area (TPSA) is 84.7 Å². The number of nitrogens with zero attached hydrogens (tertiary/aromatic N) is 1. The average molecular weight is 271 g/mol. The Morgan fingerprint density at radius 2 is 1.95 bits per heavy atom. The van der Waals surface area contributed by atoms with Crippen LogP contribution in [-0.4, -0.2) is 55.6 Å². The molecule has 1 heterocycles. The van der Waals surface area contributed by atoms with Gasteiger partial charge < -0.3 is 20.7 Å². The minimum absolute atomic E-state index is 0.0108. The normalized spacial score (nSPS) is 18.5. The van der Waals surface area contributed by atoms with Crippen molar-refractivity contribution in [3.63, 3.8) is 0 Å². The first-order chi connectivity index (χ1) is 8.95. The Labute approximate surface area is 114 Å². The number of hydrogen-bond donors (Lipinski definition) is 2. The van der Waals surface area contributed by atoms with Crippen molar-refractivity contribution in [2.45, 2.75) is 38.8 Å². The summed E-state index contributed by atoms with van der Waals surface area (Å²) >= 11 is 0. The van der Waals surface area contributed by atoms with Crippen molar-refractivity contribution in [1.82, 2.24) is 10.2 Å². The highest BCUT2D eigenvalue weighted by Crippen LogP contribution is 2.13. The molecule has 0 unspecified atom stereocenters. The van der Waals surface area contributed by atoms with Gasteiger partial charge in [0.2, 0.25) is 11.8 Å². The number of ether oxygens (including phenoxy) is 1. The maximum atomic E-state index is 12.1. The lowest BCUT2D eigenvalue weighted by Gasteiger charge is -2.34. The summed E-state index contributed by atoms with van der Waals surface area (Å²) in [7, 11) is 1.49. The van der Waals surface area contributed by atoms with Gasteiger partial charge >= 0.3 is 0 Å². The first-order valence-corrected chi connectivity index (χ1v) is 6.78. The molecule has 1 aliphatic rings. The standard InChI is InChI=1S/C13H25N3O3/c1-9(2)12(14)13(18)16-6-4-10(5-7-16)15-11(17)8-19-3/h9-10,12H,4-8,14H2,1-3H3,(H,15,17)/t12-/m0/s1. The molecule has 0 radical (unpaired) electrons. The van der Waals surface area contributed by atoms with Crippen LogP contribution in [0.3, 0.4) is 0 Å². The van der Waals surface area contributed by atoms with Crippen LogP contribution >= 0.6 is 0 Å². The molecule has 0 saturated carbocycles. The Hall–Kier alpha value is -1.14. The first kappa shape index (κ1) is 15.9. The number of methoxy groups -OCH3 is 1. The molecule has 1 rings (SSSR count). The van der Waals surface area contributed by atoms with Crippen LogP contribution in [0.5, 0.6) is 0 Å². The van der Waals surface area contributed by atoms with E-state index in [9.17, 15) is 9.59 Å². The molecule has 0 spiro atoms. The van der Waals surface area contributed by atoms with E-state index in [1.807, 2.05) is 13.8 Å². The molecular formula is C13H25N3O3. The fraction of sp³-hybridized carbons (Fsp3) is 0.846. The van der Waals surface area contributed by atoms with Crippen molar-refractivity contribution in [3.05, 3.63) is 0 Å². The zero-order chi connectivity index (χ0) is 14.4. The largest absolute Gasteiger partial charge is 0.375 e. The Morgan fingerprint density at radius 1 is 1.37 bits per heavy atom. The summed E-state index contributed by atoms with van der Waals surface area (Å²) in [6, 6.07) is -0.304. The molecule has 0 aromatic heterocycles. The molecule has 0 aromatic carbocycles. The van der Waals surface area contributed by atoms with E-state index in [0.29, 0.717) is 13.1 Å². The van der Waals surface area contributed by atoms with Crippen LogP contribution in [0.25, 0.3) is 0 Å². The predicted molar refractivity (Wildman–Crippen MR) is 72.4 cm³/mol. The number of carbonyl (C=O) groups is 2. The molecule has 1 saturated heterocycles. The van der Waals surface area contributed by atoms with E-state index in [2.05, 4.69) is 5.32 Å². The predicted octanol–water partition coefficient (Wildman–Crippen LogP) is -0.277. The number of piperidine rings is 1. The van der Waals surface area contributed by atoms with Gasteiger partial charge in [-0.3, -0.25) is 9.59 Å². The summed E-state index contributed by atoms with van der Waals surface area (Å²) < 4.78 is 4.77. The van der Waals surface area contributed by atoms with Gasteiger partial charge in [0.25, 0.3) is 0 Å². The zero-order valence-electron chi connectivity index (χ0n) is 12.0. The number of amides is 2. The van der Waals surface area contributed by atoms with Gasteiger partial charge in [-0.15, -0.1) is 0 Å². The Morgan fingerprint density at radius 3 is 2.42 bits per heavy atom. The molecule has 0 aliphatic carbocycles. The maximum Gasteiger partial charge on any atom is 0.246 e. The molecule has 1 aliphatic heterocycles. The second kappa shape index (κ2) is 7.45. The average Bonchev–Trinajstić information content (AvgIpc) is 2.38. The minimum Gasteiger partial charge on any atom is -0.375 e. The van der Waals surface area contributed by atoms with Crippen molar-refractivity contribution in [2.24, 2.45) is 11.7 Å².